The van der Waals surface area contributed by atoms with Crippen LogP contribution in [0.4, 0.5) is 4.79 Å². The van der Waals surface area contributed by atoms with Gasteiger partial charge in [0.25, 0.3) is 5.91 Å². The monoisotopic (exact) mass is 141 g/mol. The molecule has 10 heavy (non-hydrogen) atoms. The largest absolute Gasteiger partial charge is 0.439 e. The first-order valence-corrected chi connectivity index (χ1v) is 2.83. The molecule has 1 saturated heterocycles. The van der Waals surface area contributed by atoms with Gasteiger partial charge in [0, 0.05) is 6.54 Å². The molecule has 0 aliphatic carbocycles. The summed E-state index contributed by atoms with van der Waals surface area (Å²) in [6, 6.07) is 0. The van der Waals surface area contributed by atoms with Crippen LogP contribution in [0.1, 0.15) is 0 Å². The van der Waals surface area contributed by atoms with E-state index in [-0.39, 0.29) is 19.1 Å². The lowest BCUT2D eigenvalue weighted by Crippen LogP contribution is -2.28. The van der Waals surface area contributed by atoms with Crippen LogP contribution in [0.3, 0.4) is 0 Å². The second-order valence-electron chi connectivity index (χ2n) is 1.85. The van der Waals surface area contributed by atoms with E-state index in [0.29, 0.717) is 0 Å². The Hall–Kier alpha value is -1.32. The maximum atomic E-state index is 10.7. The standard InChI is InChI=1S/C6H7NO3/c1-2-3-7-5(8)4-10-6(7)9/h2H,1,3-4H2. The van der Waals surface area contributed by atoms with Crippen molar-refractivity contribution in [1.29, 1.82) is 0 Å². The van der Waals surface area contributed by atoms with Gasteiger partial charge in [-0.3, -0.25) is 4.79 Å². The number of hydrogen-bond donors (Lipinski definition) is 0. The van der Waals surface area contributed by atoms with Crippen LogP contribution >= 0.6 is 0 Å². The van der Waals surface area contributed by atoms with Crippen molar-refractivity contribution < 1.29 is 14.3 Å². The van der Waals surface area contributed by atoms with Gasteiger partial charge in [-0.05, 0) is 0 Å². The highest BCUT2D eigenvalue weighted by Gasteiger charge is 2.29. The Kier molecular flexibility index (Phi) is 1.71. The van der Waals surface area contributed by atoms with Gasteiger partial charge in [0.1, 0.15) is 0 Å². The molecule has 0 aromatic heterocycles. The second-order valence-corrected chi connectivity index (χ2v) is 1.85. The normalized spacial score (nSPS) is 17.4. The van der Waals surface area contributed by atoms with E-state index in [9.17, 15) is 9.59 Å². The number of cyclic esters (lactones) is 1. The van der Waals surface area contributed by atoms with Crippen LogP contribution in [0.25, 0.3) is 0 Å². The molecular formula is C6H7NO3. The summed E-state index contributed by atoms with van der Waals surface area (Å²) < 4.78 is 4.42. The molecule has 0 spiro atoms. The van der Waals surface area contributed by atoms with Crippen LogP contribution < -0.4 is 0 Å². The lowest BCUT2D eigenvalue weighted by Gasteiger charge is -2.04. The van der Waals surface area contributed by atoms with Gasteiger partial charge in [-0.1, -0.05) is 6.08 Å². The summed E-state index contributed by atoms with van der Waals surface area (Å²) in [5, 5.41) is 0. The molecule has 0 atom stereocenters. The van der Waals surface area contributed by atoms with E-state index in [1.165, 1.54) is 6.08 Å². The molecule has 1 rings (SSSR count). The Balaban J connectivity index is 2.62. The maximum absolute atomic E-state index is 10.7. The van der Waals surface area contributed by atoms with E-state index in [1.54, 1.807) is 0 Å². The Morgan fingerprint density at radius 2 is 2.40 bits per heavy atom. The summed E-state index contributed by atoms with van der Waals surface area (Å²) in [5.74, 6) is -0.301. The minimum Gasteiger partial charge on any atom is -0.439 e. The number of carbonyl (C=O) groups excluding carboxylic acids is 2. The SMILES string of the molecule is C=CCN1C(=O)COC1=O. The van der Waals surface area contributed by atoms with Gasteiger partial charge in [-0.2, -0.15) is 0 Å². The molecule has 2 amide bonds. The predicted octanol–water partition coefficient (Wildman–Crippen LogP) is 0.151. The highest BCUT2D eigenvalue weighted by molar-refractivity contribution is 5.97. The first-order valence-electron chi connectivity index (χ1n) is 2.83. The van der Waals surface area contributed by atoms with Crippen LogP contribution in [-0.4, -0.2) is 30.1 Å². The molecule has 4 heteroatoms. The maximum Gasteiger partial charge on any atom is 0.417 e. The number of amides is 2. The fraction of sp³-hybridized carbons (Fsp3) is 0.333. The highest BCUT2D eigenvalue weighted by Crippen LogP contribution is 2.03. The van der Waals surface area contributed by atoms with E-state index in [4.69, 9.17) is 0 Å². The Bertz CT molecular complexity index is 171. The Morgan fingerprint density at radius 3 is 2.80 bits per heavy atom. The molecule has 1 aliphatic heterocycles. The fourth-order valence-electron chi connectivity index (χ4n) is 0.687. The van der Waals surface area contributed by atoms with Crippen molar-refractivity contribution in [3.63, 3.8) is 0 Å². The molecule has 1 fully saturated rings. The van der Waals surface area contributed by atoms with E-state index >= 15 is 0 Å². The molecule has 1 aliphatic rings. The highest BCUT2D eigenvalue weighted by atomic mass is 16.6. The zero-order valence-corrected chi connectivity index (χ0v) is 5.37. The zero-order chi connectivity index (χ0) is 7.56. The number of rotatable bonds is 2. The number of nitrogens with zero attached hydrogens (tertiary/aromatic N) is 1. The number of carbonyl (C=O) groups is 2. The Morgan fingerprint density at radius 1 is 1.70 bits per heavy atom. The molecule has 0 aromatic rings. The van der Waals surface area contributed by atoms with E-state index < -0.39 is 6.09 Å². The molecule has 54 valence electrons. The summed E-state index contributed by atoms with van der Waals surface area (Å²) in [4.78, 5) is 22.3. The predicted molar refractivity (Wildman–Crippen MR) is 33.3 cm³/mol. The van der Waals surface area contributed by atoms with Crippen LogP contribution in [0.2, 0.25) is 0 Å². The summed E-state index contributed by atoms with van der Waals surface area (Å²) in [6.45, 7) is 3.49. The quantitative estimate of drug-likeness (QED) is 0.514. The summed E-state index contributed by atoms with van der Waals surface area (Å²) >= 11 is 0. The van der Waals surface area contributed by atoms with Gasteiger partial charge >= 0.3 is 6.09 Å². The molecular weight excluding hydrogens is 134 g/mol. The molecule has 0 radical (unpaired) electrons. The van der Waals surface area contributed by atoms with Crippen molar-refractivity contribution in [1.82, 2.24) is 4.90 Å². The lowest BCUT2D eigenvalue weighted by atomic mass is 10.5. The van der Waals surface area contributed by atoms with Crippen molar-refractivity contribution in [3.05, 3.63) is 12.7 Å². The van der Waals surface area contributed by atoms with Crippen molar-refractivity contribution in [2.75, 3.05) is 13.2 Å². The van der Waals surface area contributed by atoms with Gasteiger partial charge in [0.15, 0.2) is 6.61 Å². The minimum atomic E-state index is -0.579. The van der Waals surface area contributed by atoms with E-state index in [0.717, 1.165) is 4.90 Å². The van der Waals surface area contributed by atoms with E-state index in [2.05, 4.69) is 11.3 Å². The van der Waals surface area contributed by atoms with Crippen molar-refractivity contribution >= 4 is 12.0 Å². The third-order valence-electron chi connectivity index (χ3n) is 1.15. The molecule has 0 N–H and O–H groups in total. The van der Waals surface area contributed by atoms with Crippen LogP contribution in [0.15, 0.2) is 12.7 Å². The van der Waals surface area contributed by atoms with Crippen LogP contribution in [-0.2, 0) is 9.53 Å². The average molecular weight is 141 g/mol. The second kappa shape index (κ2) is 2.51. The van der Waals surface area contributed by atoms with Crippen molar-refractivity contribution in [2.45, 2.75) is 0 Å². The summed E-state index contributed by atoms with van der Waals surface area (Å²) in [5.41, 5.74) is 0. The van der Waals surface area contributed by atoms with E-state index in [1.807, 2.05) is 0 Å². The van der Waals surface area contributed by atoms with Crippen molar-refractivity contribution in [2.24, 2.45) is 0 Å². The van der Waals surface area contributed by atoms with Gasteiger partial charge < -0.3 is 4.74 Å². The van der Waals surface area contributed by atoms with Gasteiger partial charge in [-0.15, -0.1) is 6.58 Å². The smallest absolute Gasteiger partial charge is 0.417 e. The lowest BCUT2D eigenvalue weighted by molar-refractivity contribution is -0.125. The van der Waals surface area contributed by atoms with Crippen molar-refractivity contribution in [3.8, 4) is 0 Å². The molecule has 0 aromatic carbocycles. The first-order chi connectivity index (χ1) is 4.75. The van der Waals surface area contributed by atoms with Gasteiger partial charge in [-0.25, -0.2) is 9.69 Å². The molecule has 4 nitrogen and oxygen atoms in total. The van der Waals surface area contributed by atoms with Gasteiger partial charge in [0.2, 0.25) is 0 Å². The van der Waals surface area contributed by atoms with Gasteiger partial charge in [0.05, 0.1) is 0 Å². The summed E-state index contributed by atoms with van der Waals surface area (Å²) in [6.07, 6.45) is 0.898. The third kappa shape index (κ3) is 1.00. The number of ether oxygens (including phenoxy) is 1. The average Bonchev–Trinajstić information content (AvgIpc) is 2.20. The van der Waals surface area contributed by atoms with Crippen LogP contribution in [0.5, 0.6) is 0 Å². The molecule has 0 bridgehead atoms. The number of imide groups is 1. The Labute approximate surface area is 58.1 Å². The fourth-order valence-corrected chi connectivity index (χ4v) is 0.687. The molecule has 0 unspecified atom stereocenters. The third-order valence-corrected chi connectivity index (χ3v) is 1.15. The zero-order valence-electron chi connectivity index (χ0n) is 5.37. The molecule has 0 saturated carbocycles. The molecule has 1 heterocycles. The summed E-state index contributed by atoms with van der Waals surface area (Å²) in [7, 11) is 0. The topological polar surface area (TPSA) is 46.6 Å². The minimum absolute atomic E-state index is 0.132. The van der Waals surface area contributed by atoms with Crippen LogP contribution in [0, 0.1) is 0 Å². The number of hydrogen-bond acceptors (Lipinski definition) is 3. The first kappa shape index (κ1) is 6.80.